The minimum absolute atomic E-state index is 0.127. The van der Waals surface area contributed by atoms with Crippen LogP contribution in [0.25, 0.3) is 17.1 Å². The number of benzene rings is 3. The van der Waals surface area contributed by atoms with E-state index in [1.54, 1.807) is 0 Å². The predicted molar refractivity (Wildman–Crippen MR) is 123 cm³/mol. The third-order valence-electron chi connectivity index (χ3n) is 4.57. The first-order chi connectivity index (χ1) is 16.5. The Labute approximate surface area is 197 Å². The number of thioether (sulfide) groups is 1. The van der Waals surface area contributed by atoms with Crippen LogP contribution in [0.3, 0.4) is 0 Å². The fourth-order valence-corrected chi connectivity index (χ4v) is 3.79. The Bertz CT molecular complexity index is 1300. The van der Waals surface area contributed by atoms with Gasteiger partial charge < -0.3 is 10.1 Å². The number of nitrogens with zero attached hydrogens (tertiary/aromatic N) is 3. The van der Waals surface area contributed by atoms with Gasteiger partial charge in [-0.25, -0.2) is 8.78 Å². The molecule has 0 saturated carbocycles. The van der Waals surface area contributed by atoms with Crippen LogP contribution in [-0.2, 0) is 14.3 Å². The van der Waals surface area contributed by atoms with Crippen LogP contribution in [-0.4, -0.2) is 39.0 Å². The van der Waals surface area contributed by atoms with Crippen LogP contribution in [0.15, 0.2) is 84.0 Å². The topological polar surface area (TPSA) is 86.1 Å². The first-order valence-electron chi connectivity index (χ1n) is 10.1. The van der Waals surface area contributed by atoms with Gasteiger partial charge in [-0.2, -0.15) is 0 Å². The lowest BCUT2D eigenvalue weighted by Crippen LogP contribution is -2.22. The molecule has 0 unspecified atom stereocenters. The number of nitrogens with one attached hydrogen (secondary N) is 1. The molecule has 0 spiro atoms. The molecule has 10 heteroatoms. The van der Waals surface area contributed by atoms with Gasteiger partial charge in [-0.3, -0.25) is 14.2 Å². The molecule has 0 bridgehead atoms. The third kappa shape index (κ3) is 5.65. The minimum Gasteiger partial charge on any atom is -0.455 e. The molecule has 0 aliphatic heterocycles. The highest BCUT2D eigenvalue weighted by atomic mass is 32.2. The van der Waals surface area contributed by atoms with Gasteiger partial charge in [0.1, 0.15) is 11.6 Å². The van der Waals surface area contributed by atoms with E-state index in [9.17, 15) is 18.4 Å². The number of amides is 1. The molecule has 172 valence electrons. The van der Waals surface area contributed by atoms with Gasteiger partial charge >= 0.3 is 5.97 Å². The molecule has 0 radical (unpaired) electrons. The number of anilines is 1. The Balaban J connectivity index is 1.40. The lowest BCUT2D eigenvalue weighted by Gasteiger charge is -2.10. The number of hydrogen-bond acceptors (Lipinski definition) is 6. The molecule has 0 fully saturated rings. The number of halogens is 2. The number of hydrogen-bond donors (Lipinski definition) is 1. The van der Waals surface area contributed by atoms with E-state index in [1.165, 1.54) is 0 Å². The van der Waals surface area contributed by atoms with Gasteiger partial charge in [0, 0.05) is 17.3 Å². The van der Waals surface area contributed by atoms with E-state index in [1.807, 2.05) is 65.2 Å². The van der Waals surface area contributed by atoms with Gasteiger partial charge in [-0.1, -0.05) is 60.3 Å². The Morgan fingerprint density at radius 2 is 1.65 bits per heavy atom. The Hall–Kier alpha value is -4.05. The monoisotopic (exact) mass is 480 g/mol. The second-order valence-electron chi connectivity index (χ2n) is 6.96. The van der Waals surface area contributed by atoms with E-state index < -0.39 is 30.1 Å². The molecule has 0 atom stereocenters. The fraction of sp³-hybridized carbons (Fsp3) is 0.0833. The SMILES string of the molecule is O=C(COC(=O)CSc1nnc(-c2ccccc2)n1-c1ccccc1)Nc1ccc(F)cc1F. The number of ether oxygens (including phenoxy) is 1. The fourth-order valence-electron chi connectivity index (χ4n) is 3.04. The first-order valence-corrected chi connectivity index (χ1v) is 11.1. The normalized spacial score (nSPS) is 10.6. The number of carbonyl (C=O) groups is 2. The van der Waals surface area contributed by atoms with Crippen LogP contribution in [0.2, 0.25) is 0 Å². The number of esters is 1. The number of para-hydroxylation sites is 1. The van der Waals surface area contributed by atoms with Crippen molar-refractivity contribution in [3.63, 3.8) is 0 Å². The van der Waals surface area contributed by atoms with Crippen LogP contribution in [0.4, 0.5) is 14.5 Å². The summed E-state index contributed by atoms with van der Waals surface area (Å²) in [5.74, 6) is -2.62. The van der Waals surface area contributed by atoms with Crippen LogP contribution in [0.1, 0.15) is 0 Å². The molecular weight excluding hydrogens is 462 g/mol. The molecule has 0 saturated heterocycles. The quantitative estimate of drug-likeness (QED) is 0.296. The summed E-state index contributed by atoms with van der Waals surface area (Å²) in [6.45, 7) is -0.614. The summed E-state index contributed by atoms with van der Waals surface area (Å²) >= 11 is 1.11. The van der Waals surface area contributed by atoms with Crippen molar-refractivity contribution in [2.24, 2.45) is 0 Å². The molecule has 1 heterocycles. The lowest BCUT2D eigenvalue weighted by molar-refractivity contribution is -0.144. The smallest absolute Gasteiger partial charge is 0.316 e. The largest absolute Gasteiger partial charge is 0.455 e. The van der Waals surface area contributed by atoms with Gasteiger partial charge in [0.2, 0.25) is 0 Å². The summed E-state index contributed by atoms with van der Waals surface area (Å²) in [6, 6.07) is 21.7. The summed E-state index contributed by atoms with van der Waals surface area (Å²) in [5, 5.41) is 11.2. The zero-order valence-electron chi connectivity index (χ0n) is 17.7. The summed E-state index contributed by atoms with van der Waals surface area (Å²) < 4.78 is 33.4. The Morgan fingerprint density at radius 1 is 0.941 bits per heavy atom. The summed E-state index contributed by atoms with van der Waals surface area (Å²) in [4.78, 5) is 24.2. The van der Waals surface area contributed by atoms with Crippen LogP contribution in [0, 0.1) is 11.6 Å². The average Bonchev–Trinajstić information content (AvgIpc) is 3.28. The summed E-state index contributed by atoms with van der Waals surface area (Å²) in [5.41, 5.74) is 1.47. The van der Waals surface area contributed by atoms with Crippen LogP contribution < -0.4 is 5.32 Å². The van der Waals surface area contributed by atoms with Crippen molar-refractivity contribution in [1.29, 1.82) is 0 Å². The van der Waals surface area contributed by atoms with E-state index in [0.717, 1.165) is 35.1 Å². The molecule has 0 aliphatic rings. The van der Waals surface area contributed by atoms with E-state index in [-0.39, 0.29) is 11.4 Å². The Morgan fingerprint density at radius 3 is 2.35 bits per heavy atom. The van der Waals surface area contributed by atoms with Gasteiger partial charge in [-0.15, -0.1) is 10.2 Å². The molecule has 1 amide bonds. The van der Waals surface area contributed by atoms with Crippen molar-refractivity contribution in [2.45, 2.75) is 5.16 Å². The van der Waals surface area contributed by atoms with Crippen molar-refractivity contribution >= 4 is 29.3 Å². The van der Waals surface area contributed by atoms with E-state index in [2.05, 4.69) is 15.5 Å². The number of carbonyl (C=O) groups excluding carboxylic acids is 2. The second kappa shape index (κ2) is 10.7. The second-order valence-corrected chi connectivity index (χ2v) is 7.91. The van der Waals surface area contributed by atoms with E-state index in [4.69, 9.17) is 4.74 Å². The minimum atomic E-state index is -0.926. The average molecular weight is 480 g/mol. The number of aromatic nitrogens is 3. The van der Waals surface area contributed by atoms with Crippen molar-refractivity contribution in [1.82, 2.24) is 14.8 Å². The molecule has 0 aliphatic carbocycles. The van der Waals surface area contributed by atoms with Gasteiger partial charge in [0.25, 0.3) is 5.91 Å². The highest BCUT2D eigenvalue weighted by Crippen LogP contribution is 2.27. The first kappa shape index (κ1) is 23.1. The summed E-state index contributed by atoms with van der Waals surface area (Å²) in [7, 11) is 0. The molecule has 4 aromatic rings. The zero-order chi connectivity index (χ0) is 23.9. The maximum atomic E-state index is 13.6. The van der Waals surface area contributed by atoms with Crippen molar-refractivity contribution < 1.29 is 23.1 Å². The van der Waals surface area contributed by atoms with E-state index >= 15 is 0 Å². The maximum absolute atomic E-state index is 13.6. The van der Waals surface area contributed by atoms with Crippen LogP contribution >= 0.6 is 11.8 Å². The summed E-state index contributed by atoms with van der Waals surface area (Å²) in [6.07, 6.45) is 0. The molecule has 1 N–H and O–H groups in total. The molecule has 1 aromatic heterocycles. The highest BCUT2D eigenvalue weighted by Gasteiger charge is 2.18. The molecule has 7 nitrogen and oxygen atoms in total. The van der Waals surface area contributed by atoms with Crippen molar-refractivity contribution in [3.8, 4) is 17.1 Å². The molecule has 3 aromatic carbocycles. The van der Waals surface area contributed by atoms with Crippen molar-refractivity contribution in [3.05, 3.63) is 90.5 Å². The molecular formula is C24H18F2N4O3S. The van der Waals surface area contributed by atoms with Crippen LogP contribution in [0.5, 0.6) is 0 Å². The standard InChI is InChI=1S/C24H18F2N4O3S/c25-17-11-12-20(19(26)13-17)27-21(31)14-33-22(32)15-34-24-29-28-23(16-7-3-1-4-8-16)30(24)18-9-5-2-6-10-18/h1-13H,14-15H2,(H,27,31). The van der Waals surface area contributed by atoms with Gasteiger partial charge in [-0.05, 0) is 24.3 Å². The maximum Gasteiger partial charge on any atom is 0.316 e. The predicted octanol–water partition coefficient (Wildman–Crippen LogP) is 4.49. The third-order valence-corrected chi connectivity index (χ3v) is 5.47. The van der Waals surface area contributed by atoms with Gasteiger partial charge in [0.15, 0.2) is 17.6 Å². The molecule has 4 rings (SSSR count). The zero-order valence-corrected chi connectivity index (χ0v) is 18.5. The highest BCUT2D eigenvalue weighted by molar-refractivity contribution is 7.99. The molecule has 34 heavy (non-hydrogen) atoms. The Kier molecular flexibility index (Phi) is 7.28. The van der Waals surface area contributed by atoms with E-state index in [0.29, 0.717) is 17.0 Å². The van der Waals surface area contributed by atoms with Crippen molar-refractivity contribution in [2.75, 3.05) is 17.7 Å². The number of rotatable bonds is 8. The van der Waals surface area contributed by atoms with Gasteiger partial charge in [0.05, 0.1) is 11.4 Å². The lowest BCUT2D eigenvalue weighted by atomic mass is 10.2.